The van der Waals surface area contributed by atoms with E-state index < -0.39 is 0 Å². The first-order valence-corrected chi connectivity index (χ1v) is 6.00. The molecule has 0 amide bonds. The maximum absolute atomic E-state index is 13.3. The van der Waals surface area contributed by atoms with E-state index in [4.69, 9.17) is 4.74 Å². The van der Waals surface area contributed by atoms with E-state index in [1.165, 1.54) is 6.07 Å². The Kier molecular flexibility index (Phi) is 3.58. The van der Waals surface area contributed by atoms with Crippen molar-refractivity contribution in [2.45, 2.75) is 25.0 Å². The fourth-order valence-electron chi connectivity index (χ4n) is 1.77. The Hall–Kier alpha value is -0.200. The molecule has 2 unspecified atom stereocenters. The predicted molar refractivity (Wildman–Crippen MR) is 63.1 cm³/mol. The Morgan fingerprint density at radius 1 is 1.47 bits per heavy atom. The molecular formula is C11H12FIO2. The SMILES string of the molecule is OC1CCOC(c2cccc(F)c2I)C1. The highest BCUT2D eigenvalue weighted by Crippen LogP contribution is 2.31. The molecule has 1 aliphatic heterocycles. The third kappa shape index (κ3) is 2.49. The zero-order chi connectivity index (χ0) is 10.8. The zero-order valence-electron chi connectivity index (χ0n) is 8.12. The second-order valence-corrected chi connectivity index (χ2v) is 4.76. The van der Waals surface area contributed by atoms with Gasteiger partial charge in [-0.15, -0.1) is 0 Å². The van der Waals surface area contributed by atoms with Gasteiger partial charge in [0.05, 0.1) is 15.8 Å². The van der Waals surface area contributed by atoms with Crippen LogP contribution in [0.25, 0.3) is 0 Å². The molecule has 1 aliphatic rings. The summed E-state index contributed by atoms with van der Waals surface area (Å²) in [5.74, 6) is -0.225. The summed E-state index contributed by atoms with van der Waals surface area (Å²) in [6.45, 7) is 0.540. The van der Waals surface area contributed by atoms with Crippen LogP contribution in [0.4, 0.5) is 4.39 Å². The molecule has 1 aromatic carbocycles. The maximum Gasteiger partial charge on any atom is 0.136 e. The van der Waals surface area contributed by atoms with Crippen LogP contribution < -0.4 is 0 Å². The standard InChI is InChI=1S/C11H12FIO2/c12-9-3-1-2-8(11(9)13)10-6-7(14)4-5-15-10/h1-3,7,10,14H,4-6H2. The van der Waals surface area contributed by atoms with Crippen LogP contribution in [0.2, 0.25) is 0 Å². The monoisotopic (exact) mass is 322 g/mol. The van der Waals surface area contributed by atoms with E-state index in [2.05, 4.69) is 0 Å². The average molecular weight is 322 g/mol. The summed E-state index contributed by atoms with van der Waals surface area (Å²) in [5, 5.41) is 9.52. The van der Waals surface area contributed by atoms with Crippen LogP contribution in [0.15, 0.2) is 18.2 Å². The number of rotatable bonds is 1. The number of aliphatic hydroxyl groups excluding tert-OH is 1. The molecule has 0 saturated carbocycles. The molecule has 0 aliphatic carbocycles. The Balaban J connectivity index is 2.24. The summed E-state index contributed by atoms with van der Waals surface area (Å²) in [7, 11) is 0. The third-order valence-electron chi connectivity index (χ3n) is 2.58. The number of ether oxygens (including phenoxy) is 1. The second kappa shape index (κ2) is 4.76. The number of hydrogen-bond acceptors (Lipinski definition) is 2. The minimum atomic E-state index is -0.331. The Bertz CT molecular complexity index is 356. The molecule has 0 aromatic heterocycles. The number of halogens is 2. The molecule has 4 heteroatoms. The average Bonchev–Trinajstić information content (AvgIpc) is 2.22. The number of hydrogen-bond donors (Lipinski definition) is 1. The van der Waals surface area contributed by atoms with Gasteiger partial charge in [0, 0.05) is 13.0 Å². The van der Waals surface area contributed by atoms with Gasteiger partial charge in [-0.1, -0.05) is 12.1 Å². The lowest BCUT2D eigenvalue weighted by molar-refractivity contribution is -0.0452. The molecule has 0 radical (unpaired) electrons. The first-order chi connectivity index (χ1) is 7.18. The van der Waals surface area contributed by atoms with Gasteiger partial charge in [-0.25, -0.2) is 4.39 Å². The summed E-state index contributed by atoms with van der Waals surface area (Å²) in [4.78, 5) is 0. The van der Waals surface area contributed by atoms with Gasteiger partial charge in [-0.2, -0.15) is 0 Å². The predicted octanol–water partition coefficient (Wildman–Crippen LogP) is 2.64. The molecule has 2 rings (SSSR count). The highest BCUT2D eigenvalue weighted by atomic mass is 127. The van der Waals surface area contributed by atoms with Crippen molar-refractivity contribution in [3.05, 3.63) is 33.1 Å². The minimum absolute atomic E-state index is 0.170. The van der Waals surface area contributed by atoms with Gasteiger partial charge in [0.1, 0.15) is 5.82 Å². The highest BCUT2D eigenvalue weighted by Gasteiger charge is 2.24. The van der Waals surface area contributed by atoms with Crippen molar-refractivity contribution in [3.63, 3.8) is 0 Å². The largest absolute Gasteiger partial charge is 0.393 e. The van der Waals surface area contributed by atoms with Gasteiger partial charge >= 0.3 is 0 Å². The third-order valence-corrected chi connectivity index (χ3v) is 3.72. The van der Waals surface area contributed by atoms with E-state index in [1.807, 2.05) is 28.7 Å². The van der Waals surface area contributed by atoms with Crippen molar-refractivity contribution in [2.24, 2.45) is 0 Å². The summed E-state index contributed by atoms with van der Waals surface area (Å²) in [6, 6.07) is 4.97. The number of benzene rings is 1. The minimum Gasteiger partial charge on any atom is -0.393 e. The lowest BCUT2D eigenvalue weighted by atomic mass is 9.99. The van der Waals surface area contributed by atoms with Crippen LogP contribution in [0, 0.1) is 9.39 Å². The Labute approximate surface area is 102 Å². The quantitative estimate of drug-likeness (QED) is 0.806. The van der Waals surface area contributed by atoms with Crippen molar-refractivity contribution < 1.29 is 14.2 Å². The Morgan fingerprint density at radius 2 is 2.27 bits per heavy atom. The molecule has 0 spiro atoms. The highest BCUT2D eigenvalue weighted by molar-refractivity contribution is 14.1. The fourth-order valence-corrected chi connectivity index (χ4v) is 2.47. The van der Waals surface area contributed by atoms with E-state index in [9.17, 15) is 9.50 Å². The molecule has 1 heterocycles. The van der Waals surface area contributed by atoms with Crippen LogP contribution in [0.1, 0.15) is 24.5 Å². The van der Waals surface area contributed by atoms with Crippen molar-refractivity contribution >= 4 is 22.6 Å². The molecular weight excluding hydrogens is 310 g/mol. The van der Waals surface area contributed by atoms with Crippen molar-refractivity contribution in [1.29, 1.82) is 0 Å². The topological polar surface area (TPSA) is 29.5 Å². The van der Waals surface area contributed by atoms with Gasteiger partial charge in [0.25, 0.3) is 0 Å². The molecule has 1 saturated heterocycles. The van der Waals surface area contributed by atoms with Gasteiger partial charge in [-0.05, 0) is 40.6 Å². The molecule has 15 heavy (non-hydrogen) atoms. The van der Waals surface area contributed by atoms with Crippen molar-refractivity contribution in [3.8, 4) is 0 Å². The second-order valence-electron chi connectivity index (χ2n) is 3.68. The molecule has 1 N–H and O–H groups in total. The van der Waals surface area contributed by atoms with E-state index in [0.29, 0.717) is 23.0 Å². The van der Waals surface area contributed by atoms with Gasteiger partial charge in [0.15, 0.2) is 0 Å². The summed E-state index contributed by atoms with van der Waals surface area (Å²) in [6.07, 6.45) is 0.723. The Morgan fingerprint density at radius 3 is 3.00 bits per heavy atom. The normalized spacial score (nSPS) is 26.6. The smallest absolute Gasteiger partial charge is 0.136 e. The fraction of sp³-hybridized carbons (Fsp3) is 0.455. The van der Waals surface area contributed by atoms with E-state index in [-0.39, 0.29) is 18.0 Å². The molecule has 1 fully saturated rings. The summed E-state index contributed by atoms with van der Waals surface area (Å²) >= 11 is 1.98. The van der Waals surface area contributed by atoms with Gasteiger partial charge in [0.2, 0.25) is 0 Å². The summed E-state index contributed by atoms with van der Waals surface area (Å²) < 4.78 is 19.4. The molecule has 2 nitrogen and oxygen atoms in total. The zero-order valence-corrected chi connectivity index (χ0v) is 10.3. The maximum atomic E-state index is 13.3. The molecule has 82 valence electrons. The summed E-state index contributed by atoms with van der Waals surface area (Å²) in [5.41, 5.74) is 0.842. The van der Waals surface area contributed by atoms with Crippen LogP contribution in [0.3, 0.4) is 0 Å². The van der Waals surface area contributed by atoms with Crippen molar-refractivity contribution in [1.82, 2.24) is 0 Å². The van der Waals surface area contributed by atoms with E-state index in [1.54, 1.807) is 6.07 Å². The van der Waals surface area contributed by atoms with Gasteiger partial charge in [-0.3, -0.25) is 0 Å². The molecule has 2 atom stereocenters. The molecule has 0 bridgehead atoms. The van der Waals surface area contributed by atoms with Crippen LogP contribution >= 0.6 is 22.6 Å². The first kappa shape index (κ1) is 11.3. The van der Waals surface area contributed by atoms with Crippen LogP contribution in [0.5, 0.6) is 0 Å². The van der Waals surface area contributed by atoms with E-state index >= 15 is 0 Å². The number of aliphatic hydroxyl groups is 1. The van der Waals surface area contributed by atoms with Gasteiger partial charge < -0.3 is 9.84 Å². The molecule has 1 aromatic rings. The van der Waals surface area contributed by atoms with Crippen LogP contribution in [-0.2, 0) is 4.74 Å². The van der Waals surface area contributed by atoms with Crippen LogP contribution in [-0.4, -0.2) is 17.8 Å². The lowest BCUT2D eigenvalue weighted by Crippen LogP contribution is -2.24. The first-order valence-electron chi connectivity index (χ1n) is 4.92. The lowest BCUT2D eigenvalue weighted by Gasteiger charge is -2.27. The van der Waals surface area contributed by atoms with E-state index in [0.717, 1.165) is 5.56 Å². The van der Waals surface area contributed by atoms with Crippen molar-refractivity contribution in [2.75, 3.05) is 6.61 Å².